The lowest BCUT2D eigenvalue weighted by Crippen LogP contribution is -2.66. The highest BCUT2D eigenvalue weighted by Gasteiger charge is 2.38. The Morgan fingerprint density at radius 2 is 2.00 bits per heavy atom. The first-order chi connectivity index (χ1) is 6.18. The molecule has 2 rings (SSSR count). The van der Waals surface area contributed by atoms with Crippen molar-refractivity contribution in [1.82, 2.24) is 15.5 Å². The molecule has 70 valence electrons. The lowest BCUT2D eigenvalue weighted by molar-refractivity contribution is -0.150. The quantitative estimate of drug-likeness (QED) is 0.433. The molecule has 2 N–H and O–H groups in total. The van der Waals surface area contributed by atoms with Gasteiger partial charge in [0.15, 0.2) is 0 Å². The van der Waals surface area contributed by atoms with Gasteiger partial charge in [-0.25, -0.2) is 0 Å². The standard InChI is InChI=1S/C7H9N3O3/c11-5-3-10-4(1-8-5)7(13)9-2-6(10)12/h4H,1-3H2,(H,8,11)(H,9,13). The SMILES string of the molecule is O=C1CN2C(=O)CNC(=O)C2CN1. The number of piperazine rings is 2. The van der Waals surface area contributed by atoms with E-state index in [4.69, 9.17) is 0 Å². The van der Waals surface area contributed by atoms with Crippen molar-refractivity contribution in [2.75, 3.05) is 19.6 Å². The maximum absolute atomic E-state index is 11.3. The number of nitrogens with one attached hydrogen (secondary N) is 2. The van der Waals surface area contributed by atoms with Crippen LogP contribution in [-0.4, -0.2) is 48.3 Å². The number of carbonyl (C=O) groups is 3. The van der Waals surface area contributed by atoms with Gasteiger partial charge in [0, 0.05) is 6.54 Å². The van der Waals surface area contributed by atoms with E-state index < -0.39 is 6.04 Å². The summed E-state index contributed by atoms with van der Waals surface area (Å²) in [5, 5.41) is 5.00. The molecule has 0 aromatic rings. The molecule has 6 heteroatoms. The van der Waals surface area contributed by atoms with Crippen LogP contribution >= 0.6 is 0 Å². The first-order valence-corrected chi connectivity index (χ1v) is 4.02. The van der Waals surface area contributed by atoms with Gasteiger partial charge >= 0.3 is 0 Å². The highest BCUT2D eigenvalue weighted by atomic mass is 16.2. The second-order valence-corrected chi connectivity index (χ2v) is 3.06. The molecular weight excluding hydrogens is 174 g/mol. The van der Waals surface area contributed by atoms with E-state index in [0.29, 0.717) is 0 Å². The fraction of sp³-hybridized carbons (Fsp3) is 0.571. The molecule has 2 saturated heterocycles. The van der Waals surface area contributed by atoms with Gasteiger partial charge in [0.1, 0.15) is 12.6 Å². The molecule has 0 bridgehead atoms. The molecule has 13 heavy (non-hydrogen) atoms. The third-order valence-electron chi connectivity index (χ3n) is 2.22. The monoisotopic (exact) mass is 183 g/mol. The van der Waals surface area contributed by atoms with Crippen molar-refractivity contribution < 1.29 is 14.4 Å². The Labute approximate surface area is 74.3 Å². The summed E-state index contributed by atoms with van der Waals surface area (Å²) >= 11 is 0. The Bertz CT molecular complexity index is 289. The van der Waals surface area contributed by atoms with Gasteiger partial charge in [-0.05, 0) is 0 Å². The molecular formula is C7H9N3O3. The number of amides is 3. The summed E-state index contributed by atoms with van der Waals surface area (Å²) in [7, 11) is 0. The number of carbonyl (C=O) groups excluding carboxylic acids is 3. The molecule has 1 atom stereocenters. The highest BCUT2D eigenvalue weighted by molar-refractivity contribution is 5.98. The summed E-state index contributed by atoms with van der Waals surface area (Å²) in [6.45, 7) is 0.218. The summed E-state index contributed by atoms with van der Waals surface area (Å²) < 4.78 is 0. The van der Waals surface area contributed by atoms with Gasteiger partial charge in [0.2, 0.25) is 17.7 Å². The van der Waals surface area contributed by atoms with Crippen molar-refractivity contribution in [2.45, 2.75) is 6.04 Å². The third-order valence-corrected chi connectivity index (χ3v) is 2.22. The Balaban J connectivity index is 2.20. The fourth-order valence-corrected chi connectivity index (χ4v) is 1.52. The van der Waals surface area contributed by atoms with Gasteiger partial charge in [0.05, 0.1) is 6.54 Å². The lowest BCUT2D eigenvalue weighted by Gasteiger charge is -2.37. The van der Waals surface area contributed by atoms with Crippen LogP contribution in [0.15, 0.2) is 0 Å². The number of rotatable bonds is 0. The molecule has 2 fully saturated rings. The van der Waals surface area contributed by atoms with Crippen LogP contribution in [0.4, 0.5) is 0 Å². The third kappa shape index (κ3) is 1.24. The topological polar surface area (TPSA) is 78.5 Å². The molecule has 0 radical (unpaired) electrons. The van der Waals surface area contributed by atoms with E-state index in [-0.39, 0.29) is 37.4 Å². The summed E-state index contributed by atoms with van der Waals surface area (Å²) in [4.78, 5) is 34.7. The fourth-order valence-electron chi connectivity index (χ4n) is 1.52. The molecule has 2 aliphatic heterocycles. The van der Waals surface area contributed by atoms with Gasteiger partial charge in [-0.2, -0.15) is 0 Å². The zero-order valence-electron chi connectivity index (χ0n) is 6.87. The van der Waals surface area contributed by atoms with Gasteiger partial charge in [-0.3, -0.25) is 14.4 Å². The van der Waals surface area contributed by atoms with Crippen molar-refractivity contribution >= 4 is 17.7 Å². The number of hydrogen-bond acceptors (Lipinski definition) is 3. The van der Waals surface area contributed by atoms with E-state index >= 15 is 0 Å². The maximum atomic E-state index is 11.3. The van der Waals surface area contributed by atoms with Crippen LogP contribution in [0, 0.1) is 0 Å². The molecule has 0 spiro atoms. The van der Waals surface area contributed by atoms with Gasteiger partial charge < -0.3 is 15.5 Å². The molecule has 0 aromatic carbocycles. The normalized spacial score (nSPS) is 27.8. The first kappa shape index (κ1) is 8.03. The van der Waals surface area contributed by atoms with Crippen LogP contribution in [-0.2, 0) is 14.4 Å². The van der Waals surface area contributed by atoms with Crippen molar-refractivity contribution in [1.29, 1.82) is 0 Å². The van der Waals surface area contributed by atoms with Crippen molar-refractivity contribution in [3.8, 4) is 0 Å². The smallest absolute Gasteiger partial charge is 0.245 e. The van der Waals surface area contributed by atoms with Crippen molar-refractivity contribution in [3.63, 3.8) is 0 Å². The zero-order chi connectivity index (χ0) is 9.42. The second kappa shape index (κ2) is 2.72. The Morgan fingerprint density at radius 3 is 2.77 bits per heavy atom. The average molecular weight is 183 g/mol. The van der Waals surface area contributed by atoms with E-state index in [2.05, 4.69) is 10.6 Å². The van der Waals surface area contributed by atoms with Crippen molar-refractivity contribution in [3.05, 3.63) is 0 Å². The summed E-state index contributed by atoms with van der Waals surface area (Å²) in [5.74, 6) is -0.599. The highest BCUT2D eigenvalue weighted by Crippen LogP contribution is 2.07. The molecule has 0 aromatic heterocycles. The molecule has 6 nitrogen and oxygen atoms in total. The van der Waals surface area contributed by atoms with Gasteiger partial charge in [0.25, 0.3) is 0 Å². The lowest BCUT2D eigenvalue weighted by atomic mass is 10.1. The van der Waals surface area contributed by atoms with E-state index in [9.17, 15) is 14.4 Å². The molecule has 0 aliphatic carbocycles. The summed E-state index contributed by atoms with van der Waals surface area (Å²) in [6.07, 6.45) is 0. The Morgan fingerprint density at radius 1 is 1.23 bits per heavy atom. The first-order valence-electron chi connectivity index (χ1n) is 4.02. The number of nitrogens with zero attached hydrogens (tertiary/aromatic N) is 1. The van der Waals surface area contributed by atoms with Crippen LogP contribution in [0.3, 0.4) is 0 Å². The predicted octanol–water partition coefficient (Wildman–Crippen LogP) is -2.56. The molecule has 2 heterocycles. The van der Waals surface area contributed by atoms with E-state index in [0.717, 1.165) is 0 Å². The minimum Gasteiger partial charge on any atom is -0.352 e. The molecule has 2 aliphatic rings. The van der Waals surface area contributed by atoms with E-state index in [1.165, 1.54) is 4.90 Å². The summed E-state index contributed by atoms with van der Waals surface area (Å²) in [5.41, 5.74) is 0. The number of fused-ring (bicyclic) bond motifs is 1. The Kier molecular flexibility index (Phi) is 1.68. The second-order valence-electron chi connectivity index (χ2n) is 3.06. The van der Waals surface area contributed by atoms with Gasteiger partial charge in [-0.15, -0.1) is 0 Å². The van der Waals surface area contributed by atoms with Crippen LogP contribution in [0.25, 0.3) is 0 Å². The number of hydrogen-bond donors (Lipinski definition) is 2. The minimum atomic E-state index is -0.515. The van der Waals surface area contributed by atoms with Gasteiger partial charge in [-0.1, -0.05) is 0 Å². The van der Waals surface area contributed by atoms with Crippen molar-refractivity contribution in [2.24, 2.45) is 0 Å². The minimum absolute atomic E-state index is 0.00259. The van der Waals surface area contributed by atoms with Crippen LogP contribution in [0.2, 0.25) is 0 Å². The zero-order valence-corrected chi connectivity index (χ0v) is 6.87. The van der Waals surface area contributed by atoms with E-state index in [1.807, 2.05) is 0 Å². The molecule has 3 amide bonds. The molecule has 1 unspecified atom stereocenters. The van der Waals surface area contributed by atoms with Crippen LogP contribution < -0.4 is 10.6 Å². The summed E-state index contributed by atoms with van der Waals surface area (Å²) in [6, 6.07) is -0.515. The van der Waals surface area contributed by atoms with Crippen LogP contribution in [0.5, 0.6) is 0 Å². The molecule has 0 saturated carbocycles. The van der Waals surface area contributed by atoms with E-state index in [1.54, 1.807) is 0 Å². The Hall–Kier alpha value is -1.59. The van der Waals surface area contributed by atoms with Crippen LogP contribution in [0.1, 0.15) is 0 Å². The average Bonchev–Trinajstić information content (AvgIpc) is 2.12. The predicted molar refractivity (Wildman–Crippen MR) is 41.5 cm³/mol. The largest absolute Gasteiger partial charge is 0.352 e. The maximum Gasteiger partial charge on any atom is 0.245 e.